The molecule has 0 unspecified atom stereocenters. The Kier molecular flexibility index (Phi) is 2.49. The second-order valence-corrected chi connectivity index (χ2v) is 3.26. The molecule has 0 atom stereocenters. The first-order valence-electron chi connectivity index (χ1n) is 4.70. The van der Waals surface area contributed by atoms with E-state index in [1.54, 1.807) is 7.11 Å². The van der Waals surface area contributed by atoms with Gasteiger partial charge in [0.1, 0.15) is 0 Å². The third-order valence-corrected chi connectivity index (χ3v) is 2.40. The van der Waals surface area contributed by atoms with E-state index in [-0.39, 0.29) is 5.97 Å². The summed E-state index contributed by atoms with van der Waals surface area (Å²) in [6.45, 7) is 0. The molecule has 4 heteroatoms. The SMILES string of the molecule is COc1ccc2c(c1OC)OC(=O)CC2. The Morgan fingerprint density at radius 1 is 1.20 bits per heavy atom. The summed E-state index contributed by atoms with van der Waals surface area (Å²) in [6.07, 6.45) is 1.11. The van der Waals surface area contributed by atoms with Crippen molar-refractivity contribution < 1.29 is 19.0 Å². The van der Waals surface area contributed by atoms with Gasteiger partial charge in [0.15, 0.2) is 11.5 Å². The molecule has 2 rings (SSSR count). The van der Waals surface area contributed by atoms with Gasteiger partial charge in [0.25, 0.3) is 0 Å². The molecule has 0 spiro atoms. The highest BCUT2D eigenvalue weighted by Crippen LogP contribution is 2.42. The molecule has 1 aromatic rings. The molecule has 1 aromatic carbocycles. The third kappa shape index (κ3) is 1.63. The maximum Gasteiger partial charge on any atom is 0.311 e. The van der Waals surface area contributed by atoms with Crippen LogP contribution in [-0.2, 0) is 11.2 Å². The molecule has 1 aliphatic heterocycles. The van der Waals surface area contributed by atoms with Crippen LogP contribution in [0.25, 0.3) is 0 Å². The molecule has 0 N–H and O–H groups in total. The smallest absolute Gasteiger partial charge is 0.311 e. The van der Waals surface area contributed by atoms with E-state index in [0.717, 1.165) is 5.56 Å². The second kappa shape index (κ2) is 3.81. The Labute approximate surface area is 87.8 Å². The molecule has 0 saturated carbocycles. The first kappa shape index (κ1) is 9.83. The molecule has 1 aliphatic rings. The highest BCUT2D eigenvalue weighted by Gasteiger charge is 2.23. The molecule has 0 fully saturated rings. The van der Waals surface area contributed by atoms with Crippen molar-refractivity contribution >= 4 is 5.97 Å². The van der Waals surface area contributed by atoms with Gasteiger partial charge in [-0.3, -0.25) is 4.79 Å². The van der Waals surface area contributed by atoms with Gasteiger partial charge in [-0.15, -0.1) is 0 Å². The lowest BCUT2D eigenvalue weighted by Gasteiger charge is -2.19. The number of esters is 1. The lowest BCUT2D eigenvalue weighted by Crippen LogP contribution is -2.16. The minimum absolute atomic E-state index is 0.228. The monoisotopic (exact) mass is 208 g/mol. The molecule has 0 bridgehead atoms. The Morgan fingerprint density at radius 2 is 2.00 bits per heavy atom. The standard InChI is InChI=1S/C11H12O4/c1-13-8-5-3-7-4-6-9(12)15-10(7)11(8)14-2/h3,5H,4,6H2,1-2H3. The number of hydrogen-bond donors (Lipinski definition) is 0. The summed E-state index contributed by atoms with van der Waals surface area (Å²) < 4.78 is 15.5. The number of benzene rings is 1. The molecule has 0 amide bonds. The zero-order chi connectivity index (χ0) is 10.8. The third-order valence-electron chi connectivity index (χ3n) is 2.40. The fourth-order valence-corrected chi connectivity index (χ4v) is 1.65. The van der Waals surface area contributed by atoms with Gasteiger partial charge in [-0.2, -0.15) is 0 Å². The van der Waals surface area contributed by atoms with E-state index in [4.69, 9.17) is 14.2 Å². The summed E-state index contributed by atoms with van der Waals surface area (Å²) in [4.78, 5) is 11.2. The van der Waals surface area contributed by atoms with Gasteiger partial charge in [-0.25, -0.2) is 0 Å². The number of carbonyl (C=O) groups excluding carboxylic acids is 1. The zero-order valence-electron chi connectivity index (χ0n) is 8.70. The number of aryl methyl sites for hydroxylation is 1. The van der Waals surface area contributed by atoms with Gasteiger partial charge in [0.2, 0.25) is 5.75 Å². The van der Waals surface area contributed by atoms with Gasteiger partial charge in [-0.05, 0) is 18.1 Å². The number of carbonyl (C=O) groups is 1. The fourth-order valence-electron chi connectivity index (χ4n) is 1.65. The average molecular weight is 208 g/mol. The molecule has 0 saturated heterocycles. The van der Waals surface area contributed by atoms with Crippen LogP contribution in [0, 0.1) is 0 Å². The van der Waals surface area contributed by atoms with Gasteiger partial charge in [0, 0.05) is 0 Å². The summed E-state index contributed by atoms with van der Waals surface area (Å²) in [5, 5.41) is 0. The lowest BCUT2D eigenvalue weighted by molar-refractivity contribution is -0.135. The topological polar surface area (TPSA) is 44.8 Å². The normalized spacial score (nSPS) is 14.1. The highest BCUT2D eigenvalue weighted by atomic mass is 16.6. The Morgan fingerprint density at radius 3 is 2.67 bits per heavy atom. The lowest BCUT2D eigenvalue weighted by atomic mass is 10.1. The van der Waals surface area contributed by atoms with Gasteiger partial charge >= 0.3 is 5.97 Å². The largest absolute Gasteiger partial charge is 0.493 e. The summed E-state index contributed by atoms with van der Waals surface area (Å²) >= 11 is 0. The number of rotatable bonds is 2. The predicted octanol–water partition coefficient (Wildman–Crippen LogP) is 1.56. The van der Waals surface area contributed by atoms with Crippen LogP contribution in [0.3, 0.4) is 0 Å². The minimum atomic E-state index is -0.228. The molecule has 80 valence electrons. The van der Waals surface area contributed by atoms with E-state index in [1.807, 2.05) is 12.1 Å². The van der Waals surface area contributed by atoms with Crippen LogP contribution in [0.4, 0.5) is 0 Å². The number of fused-ring (bicyclic) bond motifs is 1. The molecule has 0 aromatic heterocycles. The molecule has 1 heterocycles. The van der Waals surface area contributed by atoms with Crippen molar-refractivity contribution in [3.63, 3.8) is 0 Å². The Hall–Kier alpha value is -1.71. The highest BCUT2D eigenvalue weighted by molar-refractivity contribution is 5.77. The van der Waals surface area contributed by atoms with Crippen LogP contribution in [0.1, 0.15) is 12.0 Å². The van der Waals surface area contributed by atoms with E-state index in [2.05, 4.69) is 0 Å². The van der Waals surface area contributed by atoms with Gasteiger partial charge in [-0.1, -0.05) is 6.07 Å². The number of hydrogen-bond acceptors (Lipinski definition) is 4. The van der Waals surface area contributed by atoms with Gasteiger partial charge in [0.05, 0.1) is 20.6 Å². The molecular formula is C11H12O4. The second-order valence-electron chi connectivity index (χ2n) is 3.26. The van der Waals surface area contributed by atoms with Crippen LogP contribution < -0.4 is 14.2 Å². The van der Waals surface area contributed by atoms with Crippen molar-refractivity contribution in [2.24, 2.45) is 0 Å². The van der Waals surface area contributed by atoms with Gasteiger partial charge < -0.3 is 14.2 Å². The first-order valence-corrected chi connectivity index (χ1v) is 4.70. The van der Waals surface area contributed by atoms with Crippen molar-refractivity contribution in [1.82, 2.24) is 0 Å². The molecule has 15 heavy (non-hydrogen) atoms. The summed E-state index contributed by atoms with van der Waals surface area (Å²) in [5.41, 5.74) is 0.979. The fraction of sp³-hybridized carbons (Fsp3) is 0.364. The molecular weight excluding hydrogens is 196 g/mol. The molecule has 0 radical (unpaired) electrons. The van der Waals surface area contributed by atoms with Crippen molar-refractivity contribution in [3.8, 4) is 17.2 Å². The summed E-state index contributed by atoms with van der Waals surface area (Å²) in [5.74, 6) is 1.33. The average Bonchev–Trinajstić information content (AvgIpc) is 2.27. The van der Waals surface area contributed by atoms with E-state index in [9.17, 15) is 4.79 Å². The van der Waals surface area contributed by atoms with Crippen molar-refractivity contribution in [1.29, 1.82) is 0 Å². The maximum absolute atomic E-state index is 11.2. The number of methoxy groups -OCH3 is 2. The zero-order valence-corrected chi connectivity index (χ0v) is 8.70. The predicted molar refractivity (Wildman–Crippen MR) is 53.5 cm³/mol. The first-order chi connectivity index (χ1) is 7.26. The van der Waals surface area contributed by atoms with Crippen LogP contribution in [0.5, 0.6) is 17.2 Å². The summed E-state index contributed by atoms with van der Waals surface area (Å²) in [6, 6.07) is 3.71. The quantitative estimate of drug-likeness (QED) is 0.546. The van der Waals surface area contributed by atoms with Crippen molar-refractivity contribution in [2.45, 2.75) is 12.8 Å². The minimum Gasteiger partial charge on any atom is -0.493 e. The Balaban J connectivity index is 2.52. The van der Waals surface area contributed by atoms with E-state index < -0.39 is 0 Å². The Bertz CT molecular complexity index is 398. The molecule has 4 nitrogen and oxygen atoms in total. The van der Waals surface area contributed by atoms with Crippen LogP contribution in [0.15, 0.2) is 12.1 Å². The van der Waals surface area contributed by atoms with Crippen LogP contribution >= 0.6 is 0 Å². The van der Waals surface area contributed by atoms with E-state index >= 15 is 0 Å². The van der Waals surface area contributed by atoms with Crippen LogP contribution in [0.2, 0.25) is 0 Å². The van der Waals surface area contributed by atoms with Crippen molar-refractivity contribution in [3.05, 3.63) is 17.7 Å². The van der Waals surface area contributed by atoms with Crippen LogP contribution in [-0.4, -0.2) is 20.2 Å². The number of ether oxygens (including phenoxy) is 3. The van der Waals surface area contributed by atoms with Crippen molar-refractivity contribution in [2.75, 3.05) is 14.2 Å². The maximum atomic E-state index is 11.2. The van der Waals surface area contributed by atoms with E-state index in [1.165, 1.54) is 7.11 Å². The summed E-state index contributed by atoms with van der Waals surface area (Å²) in [7, 11) is 3.08. The van der Waals surface area contributed by atoms with E-state index in [0.29, 0.717) is 30.1 Å². The molecule has 0 aliphatic carbocycles.